The summed E-state index contributed by atoms with van der Waals surface area (Å²) in [6.07, 6.45) is 0. The maximum atomic E-state index is 13.5. The molecule has 1 aromatic carbocycles. The normalized spacial score (nSPS) is 12.6. The smallest absolute Gasteiger partial charge is 0.351 e. The van der Waals surface area contributed by atoms with Crippen molar-refractivity contribution >= 4 is 28.6 Å². The zero-order valence-corrected chi connectivity index (χ0v) is 10.1. The predicted octanol–water partition coefficient (Wildman–Crippen LogP) is 3.12. The largest absolute Gasteiger partial charge is 0.463 e. The second kappa shape index (κ2) is 5.23. The third-order valence-electron chi connectivity index (χ3n) is 2.21. The molecule has 0 fully saturated rings. The van der Waals surface area contributed by atoms with Crippen LogP contribution >= 0.6 is 11.8 Å². The highest BCUT2D eigenvalue weighted by atomic mass is 32.2. The molecular weight excluding hydrogens is 241 g/mol. The molecule has 2 aromatic rings. The van der Waals surface area contributed by atoms with Gasteiger partial charge in [0.15, 0.2) is 0 Å². The third kappa shape index (κ3) is 2.79. The number of ether oxygens (including phenoxy) is 1. The first kappa shape index (κ1) is 12.0. The van der Waals surface area contributed by atoms with Crippen molar-refractivity contribution in [3.63, 3.8) is 0 Å². The van der Waals surface area contributed by atoms with Crippen molar-refractivity contribution in [1.82, 2.24) is 4.98 Å². The van der Waals surface area contributed by atoms with Gasteiger partial charge >= 0.3 is 5.97 Å². The summed E-state index contributed by atoms with van der Waals surface area (Å²) in [5.74, 6) is -0.837. The van der Waals surface area contributed by atoms with Gasteiger partial charge in [0.25, 0.3) is 0 Å². The van der Waals surface area contributed by atoms with Gasteiger partial charge in [-0.05, 0) is 19.1 Å². The fraction of sp³-hybridized carbons (Fsp3) is 0.250. The van der Waals surface area contributed by atoms with Crippen molar-refractivity contribution in [2.75, 3.05) is 6.61 Å². The lowest BCUT2D eigenvalue weighted by Crippen LogP contribution is -2.15. The molecule has 17 heavy (non-hydrogen) atoms. The van der Waals surface area contributed by atoms with Crippen LogP contribution in [0.15, 0.2) is 35.4 Å². The molecule has 1 N–H and O–H groups in total. The molecule has 0 radical (unpaired) electrons. The standard InChI is InChI=1S/C12H12FNO2S/c1-2-16-12(15)11(13)17-10-7-8-5-3-4-6-9(8)14-10/h3-7,11,14H,2H2,1H3. The van der Waals surface area contributed by atoms with Gasteiger partial charge in [-0.25, -0.2) is 9.18 Å². The average molecular weight is 253 g/mol. The summed E-state index contributed by atoms with van der Waals surface area (Å²) < 4.78 is 18.1. The van der Waals surface area contributed by atoms with Crippen LogP contribution in [0.4, 0.5) is 4.39 Å². The van der Waals surface area contributed by atoms with E-state index >= 15 is 0 Å². The number of rotatable bonds is 4. The minimum atomic E-state index is -1.69. The Labute approximate surface area is 102 Å². The molecule has 1 heterocycles. The Morgan fingerprint density at radius 2 is 2.29 bits per heavy atom. The number of carbonyl (C=O) groups excluding carboxylic acids is 1. The molecule has 1 unspecified atom stereocenters. The van der Waals surface area contributed by atoms with Gasteiger partial charge in [-0.15, -0.1) is 0 Å². The zero-order valence-electron chi connectivity index (χ0n) is 9.27. The molecule has 0 amide bonds. The summed E-state index contributed by atoms with van der Waals surface area (Å²) in [7, 11) is 0. The molecule has 0 aliphatic rings. The number of thioether (sulfide) groups is 1. The summed E-state index contributed by atoms with van der Waals surface area (Å²) in [4.78, 5) is 14.2. The molecule has 0 spiro atoms. The number of aromatic nitrogens is 1. The van der Waals surface area contributed by atoms with Crippen LogP contribution in [-0.2, 0) is 9.53 Å². The van der Waals surface area contributed by atoms with Gasteiger partial charge < -0.3 is 9.72 Å². The number of carbonyl (C=O) groups is 1. The summed E-state index contributed by atoms with van der Waals surface area (Å²) in [6, 6.07) is 9.44. The predicted molar refractivity (Wildman–Crippen MR) is 65.7 cm³/mol. The Balaban J connectivity index is 2.10. The van der Waals surface area contributed by atoms with Gasteiger partial charge in [0.2, 0.25) is 5.50 Å². The number of halogens is 1. The molecule has 0 aliphatic heterocycles. The molecule has 0 bridgehead atoms. The van der Waals surface area contributed by atoms with Crippen LogP contribution in [-0.4, -0.2) is 23.1 Å². The van der Waals surface area contributed by atoms with Gasteiger partial charge in [-0.2, -0.15) is 0 Å². The van der Waals surface area contributed by atoms with E-state index in [1.807, 2.05) is 30.3 Å². The fourth-order valence-corrected chi connectivity index (χ4v) is 2.23. The highest BCUT2D eigenvalue weighted by molar-refractivity contribution is 8.00. The van der Waals surface area contributed by atoms with Gasteiger partial charge in [0, 0.05) is 10.9 Å². The highest BCUT2D eigenvalue weighted by Gasteiger charge is 2.20. The van der Waals surface area contributed by atoms with E-state index in [0.717, 1.165) is 22.7 Å². The number of hydrogen-bond acceptors (Lipinski definition) is 3. The van der Waals surface area contributed by atoms with Crippen molar-refractivity contribution < 1.29 is 13.9 Å². The van der Waals surface area contributed by atoms with Crippen LogP contribution in [0.3, 0.4) is 0 Å². The summed E-state index contributed by atoms with van der Waals surface area (Å²) in [5, 5.41) is 1.61. The molecular formula is C12H12FNO2S. The maximum Gasteiger partial charge on any atom is 0.351 e. The lowest BCUT2D eigenvalue weighted by atomic mass is 10.3. The third-order valence-corrected chi connectivity index (χ3v) is 3.08. The molecule has 0 saturated carbocycles. The van der Waals surface area contributed by atoms with E-state index in [0.29, 0.717) is 5.03 Å². The van der Waals surface area contributed by atoms with Crippen molar-refractivity contribution in [2.45, 2.75) is 17.5 Å². The molecule has 1 atom stereocenters. The van der Waals surface area contributed by atoms with Crippen molar-refractivity contribution in [3.05, 3.63) is 30.3 Å². The number of benzene rings is 1. The van der Waals surface area contributed by atoms with Crippen molar-refractivity contribution in [3.8, 4) is 0 Å². The molecule has 0 saturated heterocycles. The Hall–Kier alpha value is -1.49. The summed E-state index contributed by atoms with van der Waals surface area (Å²) >= 11 is 0.821. The molecule has 0 aliphatic carbocycles. The number of nitrogens with one attached hydrogen (secondary N) is 1. The summed E-state index contributed by atoms with van der Waals surface area (Å²) in [6.45, 7) is 1.84. The van der Waals surface area contributed by atoms with Crippen LogP contribution in [0.1, 0.15) is 6.92 Å². The lowest BCUT2D eigenvalue weighted by Gasteiger charge is -2.05. The maximum absolute atomic E-state index is 13.5. The molecule has 1 aromatic heterocycles. The number of para-hydroxylation sites is 1. The van der Waals surface area contributed by atoms with Crippen LogP contribution in [0.2, 0.25) is 0 Å². The lowest BCUT2D eigenvalue weighted by molar-refractivity contribution is -0.145. The first-order valence-electron chi connectivity index (χ1n) is 5.26. The Kier molecular flexibility index (Phi) is 3.68. The minimum absolute atomic E-state index is 0.187. The van der Waals surface area contributed by atoms with E-state index < -0.39 is 11.5 Å². The van der Waals surface area contributed by atoms with Crippen LogP contribution in [0.25, 0.3) is 10.9 Å². The highest BCUT2D eigenvalue weighted by Crippen LogP contribution is 2.27. The number of aromatic amines is 1. The van der Waals surface area contributed by atoms with E-state index in [4.69, 9.17) is 0 Å². The van der Waals surface area contributed by atoms with Crippen molar-refractivity contribution in [2.24, 2.45) is 0 Å². The van der Waals surface area contributed by atoms with Gasteiger partial charge in [-0.3, -0.25) is 0 Å². The Morgan fingerprint density at radius 3 is 3.00 bits per heavy atom. The van der Waals surface area contributed by atoms with Crippen LogP contribution < -0.4 is 0 Å². The van der Waals surface area contributed by atoms with Crippen molar-refractivity contribution in [1.29, 1.82) is 0 Å². The number of hydrogen-bond donors (Lipinski definition) is 1. The molecule has 5 heteroatoms. The average Bonchev–Trinajstić information content (AvgIpc) is 2.71. The van der Waals surface area contributed by atoms with Crippen LogP contribution in [0.5, 0.6) is 0 Å². The molecule has 3 nitrogen and oxygen atoms in total. The van der Waals surface area contributed by atoms with E-state index in [1.165, 1.54) is 0 Å². The Morgan fingerprint density at radius 1 is 1.53 bits per heavy atom. The topological polar surface area (TPSA) is 42.1 Å². The molecule has 2 rings (SSSR count). The first-order chi connectivity index (χ1) is 8.20. The van der Waals surface area contributed by atoms with Crippen LogP contribution in [0, 0.1) is 0 Å². The first-order valence-corrected chi connectivity index (χ1v) is 6.14. The van der Waals surface area contributed by atoms with E-state index in [1.54, 1.807) is 6.92 Å². The number of esters is 1. The Bertz CT molecular complexity index is 493. The van der Waals surface area contributed by atoms with Gasteiger partial charge in [0.05, 0.1) is 11.6 Å². The summed E-state index contributed by atoms with van der Waals surface area (Å²) in [5.41, 5.74) is -0.769. The second-order valence-electron chi connectivity index (χ2n) is 3.41. The van der Waals surface area contributed by atoms with Gasteiger partial charge in [-0.1, -0.05) is 30.0 Å². The minimum Gasteiger partial charge on any atom is -0.463 e. The molecule has 90 valence electrons. The van der Waals surface area contributed by atoms with E-state index in [-0.39, 0.29) is 6.61 Å². The number of H-pyrrole nitrogens is 1. The monoisotopic (exact) mass is 253 g/mol. The zero-order chi connectivity index (χ0) is 12.3. The SMILES string of the molecule is CCOC(=O)C(F)Sc1cc2ccccc2[nH]1. The van der Waals surface area contributed by atoms with E-state index in [2.05, 4.69) is 9.72 Å². The number of alkyl halides is 1. The van der Waals surface area contributed by atoms with E-state index in [9.17, 15) is 9.18 Å². The number of fused-ring (bicyclic) bond motifs is 1. The fourth-order valence-electron chi connectivity index (χ4n) is 1.48. The second-order valence-corrected chi connectivity index (χ2v) is 4.50. The van der Waals surface area contributed by atoms with Gasteiger partial charge in [0.1, 0.15) is 0 Å². The quantitative estimate of drug-likeness (QED) is 0.672.